The number of fused-ring (bicyclic) bond motifs is 3. The first kappa shape index (κ1) is 21.2. The average Bonchev–Trinajstić information content (AvgIpc) is 3.09. The van der Waals surface area contributed by atoms with E-state index in [0.717, 1.165) is 59.0 Å². The lowest BCUT2D eigenvalue weighted by atomic mass is 9.94. The minimum atomic E-state index is -0.0225. The number of halogens is 1. The van der Waals surface area contributed by atoms with Gasteiger partial charge in [-0.05, 0) is 36.2 Å². The minimum absolute atomic E-state index is 0.0225. The molecule has 4 heterocycles. The van der Waals surface area contributed by atoms with Crippen molar-refractivity contribution in [1.82, 2.24) is 0 Å². The van der Waals surface area contributed by atoms with Crippen LogP contribution in [0.3, 0.4) is 0 Å². The third kappa shape index (κ3) is 3.88. The number of nitrogen functional groups attached to an aromatic ring is 1. The van der Waals surface area contributed by atoms with Crippen molar-refractivity contribution in [3.63, 3.8) is 0 Å². The highest BCUT2D eigenvalue weighted by molar-refractivity contribution is 9.10. The van der Waals surface area contributed by atoms with Crippen LogP contribution >= 0.6 is 39.0 Å². The Labute approximate surface area is 198 Å². The van der Waals surface area contributed by atoms with Crippen LogP contribution in [-0.2, 0) is 16.9 Å². The van der Waals surface area contributed by atoms with Crippen LogP contribution in [0.15, 0.2) is 28.7 Å². The van der Waals surface area contributed by atoms with E-state index in [0.29, 0.717) is 16.1 Å². The molecule has 2 aliphatic heterocycles. The largest absolute Gasteiger partial charge is 0.397 e. The monoisotopic (exact) mass is 518 g/mol. The van der Waals surface area contributed by atoms with Gasteiger partial charge in [-0.25, -0.2) is 4.98 Å². The summed E-state index contributed by atoms with van der Waals surface area (Å²) in [6.07, 6.45) is 0.933. The summed E-state index contributed by atoms with van der Waals surface area (Å²) in [5.41, 5.74) is 10.5. The van der Waals surface area contributed by atoms with Gasteiger partial charge in [-0.15, -0.1) is 0 Å². The number of pyridine rings is 1. The number of benzene rings is 1. The molecule has 0 amide bonds. The zero-order chi connectivity index (χ0) is 21.8. The van der Waals surface area contributed by atoms with E-state index in [1.54, 1.807) is 0 Å². The molecule has 162 valence electrons. The minimum Gasteiger partial charge on any atom is -0.397 e. The fourth-order valence-electron chi connectivity index (χ4n) is 4.36. The maximum Gasteiger partial charge on any atom is 0.280 e. The summed E-state index contributed by atoms with van der Waals surface area (Å²) in [5.74, 6) is 2.08. The molecule has 3 N–H and O–H groups in total. The molecule has 1 saturated heterocycles. The number of anilines is 2. The highest BCUT2D eigenvalue weighted by Crippen LogP contribution is 2.46. The van der Waals surface area contributed by atoms with Crippen LogP contribution in [-0.4, -0.2) is 36.8 Å². The van der Waals surface area contributed by atoms with Gasteiger partial charge in [-0.3, -0.25) is 9.69 Å². The van der Waals surface area contributed by atoms with Gasteiger partial charge in [0.15, 0.2) is 4.83 Å². The Bertz CT molecular complexity index is 1170. The van der Waals surface area contributed by atoms with E-state index >= 15 is 0 Å². The summed E-state index contributed by atoms with van der Waals surface area (Å²) < 4.78 is 6.65. The number of thiophene rings is 1. The molecule has 0 aliphatic carbocycles. The van der Waals surface area contributed by atoms with Crippen molar-refractivity contribution >= 4 is 66.5 Å². The SMILES string of the molecule is CC1(C)Cc2c(c(N3CCOCC3)[nH+]c3sc(C(=O)c4ccc(Br)cc4)c(N)c23)CS1. The number of ketones is 1. The first-order valence-corrected chi connectivity index (χ1v) is 13.0. The van der Waals surface area contributed by atoms with Crippen LogP contribution in [0, 0.1) is 0 Å². The molecule has 1 fully saturated rings. The van der Waals surface area contributed by atoms with Crippen molar-refractivity contribution in [2.75, 3.05) is 36.9 Å². The second-order valence-electron chi connectivity index (χ2n) is 8.64. The van der Waals surface area contributed by atoms with Crippen molar-refractivity contribution in [1.29, 1.82) is 0 Å². The molecule has 5 rings (SSSR count). The van der Waals surface area contributed by atoms with Crippen LogP contribution < -0.4 is 15.6 Å². The van der Waals surface area contributed by atoms with Crippen LogP contribution in [0.4, 0.5) is 11.5 Å². The standard InChI is InChI=1S/C23H24BrN3O2S2/c1-23(2)11-15-16(12-30-23)21(27-7-9-29-10-8-27)26-22-17(15)18(25)20(31-22)19(28)13-3-5-14(24)6-4-13/h3-6H,7-12,25H2,1-2H3/p+1. The molecule has 0 spiro atoms. The van der Waals surface area contributed by atoms with E-state index in [4.69, 9.17) is 10.5 Å². The Morgan fingerprint density at radius 3 is 2.61 bits per heavy atom. The lowest BCUT2D eigenvalue weighted by Crippen LogP contribution is -2.41. The van der Waals surface area contributed by atoms with Crippen molar-refractivity contribution < 1.29 is 14.5 Å². The molecule has 0 unspecified atom stereocenters. The zero-order valence-electron chi connectivity index (χ0n) is 17.6. The molecule has 5 nitrogen and oxygen atoms in total. The average molecular weight is 520 g/mol. The van der Waals surface area contributed by atoms with Gasteiger partial charge in [-0.2, -0.15) is 11.8 Å². The Kier molecular flexibility index (Phi) is 5.53. The summed E-state index contributed by atoms with van der Waals surface area (Å²) in [6.45, 7) is 7.78. The molecule has 8 heteroatoms. The van der Waals surface area contributed by atoms with Gasteiger partial charge in [0.25, 0.3) is 5.82 Å². The Morgan fingerprint density at radius 2 is 1.90 bits per heavy atom. The fourth-order valence-corrected chi connectivity index (χ4v) is 6.83. The smallest absolute Gasteiger partial charge is 0.280 e. The number of H-pyrrole nitrogens is 1. The second-order valence-corrected chi connectivity index (χ2v) is 12.3. The summed E-state index contributed by atoms with van der Waals surface area (Å²) in [6, 6.07) is 7.46. The number of hydrogen-bond donors (Lipinski definition) is 1. The van der Waals surface area contributed by atoms with Crippen LogP contribution in [0.2, 0.25) is 0 Å². The molecule has 0 radical (unpaired) electrons. The number of nitrogens with one attached hydrogen (secondary N) is 1. The van der Waals surface area contributed by atoms with E-state index in [-0.39, 0.29) is 10.5 Å². The number of thioether (sulfide) groups is 1. The van der Waals surface area contributed by atoms with Gasteiger partial charge < -0.3 is 10.5 Å². The van der Waals surface area contributed by atoms with Gasteiger partial charge in [0.2, 0.25) is 5.78 Å². The number of nitrogens with two attached hydrogens (primary N) is 1. The van der Waals surface area contributed by atoms with Crippen molar-refractivity contribution in [2.45, 2.75) is 30.8 Å². The fraction of sp³-hybridized carbons (Fsp3) is 0.391. The van der Waals surface area contributed by atoms with Crippen LogP contribution in [0.1, 0.15) is 40.2 Å². The molecular weight excluding hydrogens is 494 g/mol. The Hall–Kier alpha value is -1.61. The molecular formula is C23H25BrN3O2S2+. The van der Waals surface area contributed by atoms with Crippen LogP contribution in [0.5, 0.6) is 0 Å². The summed E-state index contributed by atoms with van der Waals surface area (Å²) >= 11 is 6.89. The Balaban J connectivity index is 1.68. The maximum absolute atomic E-state index is 13.3. The van der Waals surface area contributed by atoms with E-state index in [2.05, 4.69) is 39.7 Å². The summed E-state index contributed by atoms with van der Waals surface area (Å²) in [4.78, 5) is 21.0. The zero-order valence-corrected chi connectivity index (χ0v) is 20.8. The lowest BCUT2D eigenvalue weighted by Gasteiger charge is -2.32. The number of carbonyl (C=O) groups is 1. The molecule has 3 aromatic rings. The second kappa shape index (κ2) is 8.06. The first-order valence-electron chi connectivity index (χ1n) is 10.4. The maximum atomic E-state index is 13.3. The predicted molar refractivity (Wildman–Crippen MR) is 132 cm³/mol. The topological polar surface area (TPSA) is 69.7 Å². The van der Waals surface area contributed by atoms with Gasteiger partial charge in [-0.1, -0.05) is 41.1 Å². The molecule has 0 bridgehead atoms. The first-order chi connectivity index (χ1) is 14.8. The van der Waals surface area contributed by atoms with Crippen molar-refractivity contribution in [3.05, 3.63) is 50.3 Å². The summed E-state index contributed by atoms with van der Waals surface area (Å²) in [7, 11) is 0. The highest BCUT2D eigenvalue weighted by atomic mass is 79.9. The van der Waals surface area contributed by atoms with Gasteiger partial charge in [0, 0.05) is 20.5 Å². The molecule has 31 heavy (non-hydrogen) atoms. The quantitative estimate of drug-likeness (QED) is 0.509. The van der Waals surface area contributed by atoms with Crippen LogP contribution in [0.25, 0.3) is 10.2 Å². The van der Waals surface area contributed by atoms with Crippen molar-refractivity contribution in [2.24, 2.45) is 0 Å². The number of aromatic nitrogens is 1. The van der Waals surface area contributed by atoms with E-state index in [1.165, 1.54) is 22.5 Å². The number of morpholine rings is 1. The molecule has 0 saturated carbocycles. The molecule has 1 aromatic carbocycles. The number of rotatable bonds is 3. The number of nitrogens with zero attached hydrogens (tertiary/aromatic N) is 1. The number of aromatic amines is 1. The van der Waals surface area contributed by atoms with E-state index < -0.39 is 0 Å². The number of ether oxygens (including phenoxy) is 1. The molecule has 2 aliphatic rings. The predicted octanol–water partition coefficient (Wildman–Crippen LogP) is 4.70. The highest BCUT2D eigenvalue weighted by Gasteiger charge is 2.36. The van der Waals surface area contributed by atoms with E-state index in [1.807, 2.05) is 36.0 Å². The van der Waals surface area contributed by atoms with Crippen molar-refractivity contribution in [3.8, 4) is 0 Å². The van der Waals surface area contributed by atoms with E-state index in [9.17, 15) is 4.79 Å². The third-order valence-corrected chi connectivity index (χ3v) is 8.99. The van der Waals surface area contributed by atoms with Gasteiger partial charge in [0.1, 0.15) is 18.0 Å². The number of hydrogen-bond acceptors (Lipinski definition) is 6. The molecule has 0 atom stereocenters. The van der Waals surface area contributed by atoms with Gasteiger partial charge >= 0.3 is 0 Å². The summed E-state index contributed by atoms with van der Waals surface area (Å²) in [5, 5.41) is 1.03. The third-order valence-electron chi connectivity index (χ3n) is 5.98. The Morgan fingerprint density at radius 1 is 1.19 bits per heavy atom. The van der Waals surface area contributed by atoms with Gasteiger partial charge in [0.05, 0.1) is 29.9 Å². The normalized spacial score (nSPS) is 18.2. The molecule has 2 aromatic heterocycles. The number of carbonyl (C=O) groups excluding carboxylic acids is 1. The lowest BCUT2D eigenvalue weighted by molar-refractivity contribution is -0.328.